The summed E-state index contributed by atoms with van der Waals surface area (Å²) >= 11 is 0. The Kier molecular flexibility index (Phi) is 8.47. The van der Waals surface area contributed by atoms with E-state index in [2.05, 4.69) is 10.6 Å². The van der Waals surface area contributed by atoms with Crippen LogP contribution < -0.4 is 15.5 Å². The van der Waals surface area contributed by atoms with Crippen LogP contribution in [0.2, 0.25) is 0 Å². The Morgan fingerprint density at radius 1 is 1.15 bits per heavy atom. The number of carbonyl (C=O) groups is 2. The van der Waals surface area contributed by atoms with Gasteiger partial charge in [-0.15, -0.1) is 5.10 Å². The highest BCUT2D eigenvalue weighted by Crippen LogP contribution is 2.32. The fourth-order valence-electron chi connectivity index (χ4n) is 4.97. The number of amides is 3. The molecule has 1 aromatic heterocycles. The number of methoxy groups -OCH3 is 1. The molecule has 0 unspecified atom stereocenters. The average molecular weight is 570 g/mol. The van der Waals surface area contributed by atoms with E-state index in [-0.39, 0.29) is 12.5 Å². The van der Waals surface area contributed by atoms with Crippen molar-refractivity contribution in [3.8, 4) is 5.69 Å². The third-order valence-corrected chi connectivity index (χ3v) is 7.25. The van der Waals surface area contributed by atoms with Crippen molar-refractivity contribution in [2.45, 2.75) is 19.1 Å². The van der Waals surface area contributed by atoms with Gasteiger partial charge in [0.25, 0.3) is 0 Å². The molecule has 13 heteroatoms. The number of rotatable bonds is 8. The predicted molar refractivity (Wildman–Crippen MR) is 148 cm³/mol. The monoisotopic (exact) mass is 569 g/mol. The largest absolute Gasteiger partial charge is 0.383 e. The predicted octanol–water partition coefficient (Wildman–Crippen LogP) is 2.86. The number of nitrogens with zero attached hydrogens (tertiary/aromatic N) is 5. The molecule has 3 heterocycles. The Bertz CT molecular complexity index is 1400. The molecule has 218 valence electrons. The lowest BCUT2D eigenvalue weighted by Crippen LogP contribution is -2.49. The lowest BCUT2D eigenvalue weighted by atomic mass is 10.0. The zero-order chi connectivity index (χ0) is 29.1. The third kappa shape index (κ3) is 6.16. The first-order valence-electron chi connectivity index (χ1n) is 13.3. The number of urea groups is 1. The Balaban J connectivity index is 1.40. The van der Waals surface area contributed by atoms with Crippen LogP contribution in [0.1, 0.15) is 17.2 Å². The summed E-state index contributed by atoms with van der Waals surface area (Å²) in [5, 5.41) is 12.3. The number of hydrogen-bond donors (Lipinski definition) is 2. The molecule has 2 N–H and O–H groups in total. The topological polar surface area (TPSA) is 104 Å². The van der Waals surface area contributed by atoms with Gasteiger partial charge >= 0.3 is 6.03 Å². The zero-order valence-corrected chi connectivity index (χ0v) is 23.1. The van der Waals surface area contributed by atoms with E-state index in [9.17, 15) is 18.4 Å². The van der Waals surface area contributed by atoms with Gasteiger partial charge < -0.3 is 19.9 Å². The van der Waals surface area contributed by atoms with Gasteiger partial charge in [-0.1, -0.05) is 24.3 Å². The maximum atomic E-state index is 14.1. The SMILES string of the molecule is COCCN1C[C@@H](NC(=O)Nc2c(C)c(N3CCN(C)C(=O)C3)nn2-c2ccccc2)[C@H](c2ccc(F)c(F)c2)O1. The van der Waals surface area contributed by atoms with Crippen molar-refractivity contribution in [3.05, 3.63) is 71.3 Å². The standard InChI is InChI=1S/C28H33F2N7O4/c1-18-26(37(20-7-5-4-6-8-20)33-27(18)35-12-11-34(2)24(38)17-35)32-28(39)31-23-16-36(13-14-40-3)41-25(23)19-9-10-21(29)22(30)15-19/h4-10,15,23,25H,11-14,16-17H2,1-3H3,(H2,31,32,39)/t23-,25+/m1/s1. The number of hydrogen-bond acceptors (Lipinski definition) is 7. The van der Waals surface area contributed by atoms with Gasteiger partial charge in [-0.25, -0.2) is 18.3 Å². The van der Waals surface area contributed by atoms with E-state index in [0.717, 1.165) is 17.8 Å². The molecule has 2 aromatic carbocycles. The van der Waals surface area contributed by atoms with Crippen molar-refractivity contribution in [3.63, 3.8) is 0 Å². The molecular formula is C28H33F2N7O4. The van der Waals surface area contributed by atoms with Crippen LogP contribution in [0, 0.1) is 18.6 Å². The van der Waals surface area contributed by atoms with Crippen LogP contribution in [0.25, 0.3) is 5.69 Å². The summed E-state index contributed by atoms with van der Waals surface area (Å²) in [5.74, 6) is -0.941. The van der Waals surface area contributed by atoms with E-state index in [1.165, 1.54) is 6.07 Å². The minimum absolute atomic E-state index is 0.0142. The number of piperazine rings is 1. The zero-order valence-electron chi connectivity index (χ0n) is 23.1. The molecule has 41 heavy (non-hydrogen) atoms. The second-order valence-electron chi connectivity index (χ2n) is 10.1. The number of halogens is 2. The van der Waals surface area contributed by atoms with Gasteiger partial charge in [0.1, 0.15) is 11.9 Å². The minimum Gasteiger partial charge on any atom is -0.383 e. The molecule has 0 spiro atoms. The first kappa shape index (κ1) is 28.5. The molecular weight excluding hydrogens is 536 g/mol. The summed E-state index contributed by atoms with van der Waals surface area (Å²) in [7, 11) is 3.33. The highest BCUT2D eigenvalue weighted by atomic mass is 19.2. The van der Waals surface area contributed by atoms with Crippen LogP contribution in [-0.2, 0) is 14.4 Å². The van der Waals surface area contributed by atoms with E-state index in [0.29, 0.717) is 55.5 Å². The fourth-order valence-corrected chi connectivity index (χ4v) is 4.97. The molecule has 2 atom stereocenters. The van der Waals surface area contributed by atoms with Gasteiger partial charge in [0.15, 0.2) is 17.5 Å². The van der Waals surface area contributed by atoms with Crippen LogP contribution in [0.3, 0.4) is 0 Å². The Morgan fingerprint density at radius 3 is 2.63 bits per heavy atom. The van der Waals surface area contributed by atoms with Crippen molar-refractivity contribution < 1.29 is 27.9 Å². The lowest BCUT2D eigenvalue weighted by Gasteiger charge is -2.32. The number of nitrogens with one attached hydrogen (secondary N) is 2. The van der Waals surface area contributed by atoms with Crippen molar-refractivity contribution in [1.82, 2.24) is 25.1 Å². The number of likely N-dealkylation sites (N-methyl/N-ethyl adjacent to an activating group) is 1. The van der Waals surface area contributed by atoms with E-state index in [1.807, 2.05) is 42.2 Å². The Morgan fingerprint density at radius 2 is 1.93 bits per heavy atom. The summed E-state index contributed by atoms with van der Waals surface area (Å²) in [6.45, 7) is 4.29. The Hall–Kier alpha value is -4.07. The number of ether oxygens (including phenoxy) is 1. The van der Waals surface area contributed by atoms with Crippen molar-refractivity contribution in [1.29, 1.82) is 0 Å². The molecule has 2 aliphatic rings. The van der Waals surface area contributed by atoms with Gasteiger partial charge in [-0.2, -0.15) is 5.06 Å². The van der Waals surface area contributed by atoms with E-state index < -0.39 is 29.8 Å². The van der Waals surface area contributed by atoms with Gasteiger partial charge in [0.2, 0.25) is 5.91 Å². The molecule has 0 aliphatic carbocycles. The summed E-state index contributed by atoms with van der Waals surface area (Å²) < 4.78 is 34.5. The Labute approximate surface area is 236 Å². The molecule has 0 saturated carbocycles. The quantitative estimate of drug-likeness (QED) is 0.430. The minimum atomic E-state index is -0.998. The second kappa shape index (κ2) is 12.2. The molecule has 3 aromatic rings. The first-order chi connectivity index (χ1) is 19.7. The number of anilines is 2. The van der Waals surface area contributed by atoms with Crippen LogP contribution in [0.15, 0.2) is 48.5 Å². The second-order valence-corrected chi connectivity index (χ2v) is 10.1. The van der Waals surface area contributed by atoms with Crippen molar-refractivity contribution in [2.24, 2.45) is 0 Å². The number of carbonyl (C=O) groups excluding carboxylic acids is 2. The molecule has 0 radical (unpaired) electrons. The summed E-state index contributed by atoms with van der Waals surface area (Å²) in [4.78, 5) is 35.4. The molecule has 2 aliphatic heterocycles. The van der Waals surface area contributed by atoms with E-state index in [1.54, 1.807) is 28.8 Å². The fraction of sp³-hybridized carbons (Fsp3) is 0.393. The van der Waals surface area contributed by atoms with E-state index in [4.69, 9.17) is 14.7 Å². The molecule has 0 bridgehead atoms. The van der Waals surface area contributed by atoms with Crippen LogP contribution >= 0.6 is 0 Å². The highest BCUT2D eigenvalue weighted by molar-refractivity contribution is 5.91. The number of benzene rings is 2. The first-order valence-corrected chi connectivity index (χ1v) is 13.3. The number of hydroxylamine groups is 2. The van der Waals surface area contributed by atoms with Gasteiger partial charge in [-0.05, 0) is 36.8 Å². The lowest BCUT2D eigenvalue weighted by molar-refractivity contribution is -0.154. The van der Waals surface area contributed by atoms with Gasteiger partial charge in [0.05, 0.1) is 24.9 Å². The van der Waals surface area contributed by atoms with Crippen molar-refractivity contribution in [2.75, 3.05) is 63.7 Å². The molecule has 11 nitrogen and oxygen atoms in total. The number of para-hydroxylation sites is 1. The molecule has 5 rings (SSSR count). The van der Waals surface area contributed by atoms with Crippen LogP contribution in [-0.4, -0.2) is 91.2 Å². The smallest absolute Gasteiger partial charge is 0.320 e. The normalized spacial score (nSPS) is 19.6. The number of aromatic nitrogens is 2. The summed E-state index contributed by atoms with van der Waals surface area (Å²) in [6.07, 6.45) is -0.750. The summed E-state index contributed by atoms with van der Waals surface area (Å²) in [5.41, 5.74) is 1.82. The maximum Gasteiger partial charge on any atom is 0.320 e. The molecule has 2 fully saturated rings. The van der Waals surface area contributed by atoms with Gasteiger partial charge in [0, 0.05) is 45.9 Å². The molecule has 3 amide bonds. The average Bonchev–Trinajstić information content (AvgIpc) is 3.51. The van der Waals surface area contributed by atoms with Gasteiger partial charge in [-0.3, -0.25) is 14.9 Å². The van der Waals surface area contributed by atoms with Crippen molar-refractivity contribution >= 4 is 23.6 Å². The van der Waals surface area contributed by atoms with Crippen LogP contribution in [0.5, 0.6) is 0 Å². The maximum absolute atomic E-state index is 14.1. The van der Waals surface area contributed by atoms with E-state index >= 15 is 0 Å². The third-order valence-electron chi connectivity index (χ3n) is 7.25. The summed E-state index contributed by atoms with van der Waals surface area (Å²) in [6, 6.07) is 11.8. The molecule has 2 saturated heterocycles. The van der Waals surface area contributed by atoms with Crippen LogP contribution in [0.4, 0.5) is 25.2 Å². The highest BCUT2D eigenvalue weighted by Gasteiger charge is 2.37.